The summed E-state index contributed by atoms with van der Waals surface area (Å²) in [5.41, 5.74) is 0.861. The van der Waals surface area contributed by atoms with Gasteiger partial charge in [0.25, 0.3) is 15.9 Å². The van der Waals surface area contributed by atoms with Crippen molar-refractivity contribution in [2.24, 2.45) is 11.8 Å². The highest BCUT2D eigenvalue weighted by Gasteiger charge is 2.29. The summed E-state index contributed by atoms with van der Waals surface area (Å²) >= 11 is 0. The number of rotatable bonds is 6. The zero-order chi connectivity index (χ0) is 21.9. The van der Waals surface area contributed by atoms with Crippen LogP contribution >= 0.6 is 0 Å². The normalized spacial score (nSPS) is 21.7. The highest BCUT2D eigenvalue weighted by atomic mass is 32.2. The highest BCUT2D eigenvalue weighted by Crippen LogP contribution is 2.30. The zero-order valence-corrected chi connectivity index (χ0v) is 18.8. The lowest BCUT2D eigenvalue weighted by Crippen LogP contribution is -2.43. The van der Waals surface area contributed by atoms with Gasteiger partial charge in [-0.15, -0.1) is 0 Å². The van der Waals surface area contributed by atoms with Crippen LogP contribution in [-0.4, -0.2) is 34.5 Å². The van der Waals surface area contributed by atoms with E-state index in [2.05, 4.69) is 19.2 Å². The third-order valence-corrected chi connectivity index (χ3v) is 8.00. The van der Waals surface area contributed by atoms with Gasteiger partial charge in [0, 0.05) is 18.7 Å². The molecule has 3 rings (SSSR count). The molecule has 0 spiro atoms. The van der Waals surface area contributed by atoms with Crippen molar-refractivity contribution in [3.8, 4) is 5.75 Å². The molecule has 0 bridgehead atoms. The summed E-state index contributed by atoms with van der Waals surface area (Å²) in [7, 11) is -0.756. The average Bonchev–Trinajstić information content (AvgIpc) is 2.76. The number of carbonyl (C=O) groups excluding carboxylic acids is 1. The molecular formula is C23H30N2O4S. The van der Waals surface area contributed by atoms with Crippen LogP contribution in [0.2, 0.25) is 0 Å². The number of carbonyl (C=O) groups is 1. The van der Waals surface area contributed by atoms with Crippen LogP contribution in [0.4, 0.5) is 5.69 Å². The molecule has 1 fully saturated rings. The predicted molar refractivity (Wildman–Crippen MR) is 118 cm³/mol. The molecule has 0 saturated heterocycles. The Labute approximate surface area is 179 Å². The van der Waals surface area contributed by atoms with Crippen LogP contribution in [0.25, 0.3) is 0 Å². The van der Waals surface area contributed by atoms with Gasteiger partial charge in [-0.25, -0.2) is 8.42 Å². The van der Waals surface area contributed by atoms with E-state index in [1.165, 1.54) is 29.9 Å². The number of hydrogen-bond donors (Lipinski definition) is 1. The van der Waals surface area contributed by atoms with E-state index >= 15 is 0 Å². The van der Waals surface area contributed by atoms with E-state index in [0.717, 1.165) is 12.8 Å². The standard InChI is InChI=1S/C23H30N2O4S/c1-16-7-5-10-22(17(16)2)24-23(26)18-8-6-9-21(15-18)30(27,28)25(3)19-11-13-20(29-4)14-12-19/h6,8-9,11-17,22H,5,7,10H2,1-4H3,(H,24,26)/t16-,17+,22-/m0/s1. The molecular weight excluding hydrogens is 400 g/mol. The third kappa shape index (κ3) is 4.61. The minimum absolute atomic E-state index is 0.0820. The first-order valence-electron chi connectivity index (χ1n) is 10.3. The van der Waals surface area contributed by atoms with Crippen LogP contribution in [0.15, 0.2) is 53.4 Å². The number of sulfonamides is 1. The van der Waals surface area contributed by atoms with E-state index in [4.69, 9.17) is 4.74 Å². The second-order valence-electron chi connectivity index (χ2n) is 8.05. The fraction of sp³-hybridized carbons (Fsp3) is 0.435. The van der Waals surface area contributed by atoms with Gasteiger partial charge in [-0.1, -0.05) is 32.8 Å². The molecule has 162 valence electrons. The Morgan fingerprint density at radius 2 is 1.80 bits per heavy atom. The lowest BCUT2D eigenvalue weighted by Gasteiger charge is -2.34. The van der Waals surface area contributed by atoms with E-state index < -0.39 is 10.0 Å². The molecule has 0 radical (unpaired) electrons. The number of nitrogens with zero attached hydrogens (tertiary/aromatic N) is 1. The number of benzene rings is 2. The van der Waals surface area contributed by atoms with Crippen molar-refractivity contribution in [3.63, 3.8) is 0 Å². The summed E-state index contributed by atoms with van der Waals surface area (Å²) in [6.45, 7) is 4.38. The van der Waals surface area contributed by atoms with E-state index in [0.29, 0.717) is 28.8 Å². The van der Waals surface area contributed by atoms with Gasteiger partial charge in [0.2, 0.25) is 0 Å². The van der Waals surface area contributed by atoms with Crippen LogP contribution < -0.4 is 14.4 Å². The summed E-state index contributed by atoms with van der Waals surface area (Å²) in [5.74, 6) is 1.38. The monoisotopic (exact) mass is 430 g/mol. The Bertz CT molecular complexity index is 989. The topological polar surface area (TPSA) is 75.7 Å². The second-order valence-corrected chi connectivity index (χ2v) is 10.0. The molecule has 7 heteroatoms. The molecule has 0 unspecified atom stereocenters. The summed E-state index contributed by atoms with van der Waals surface area (Å²) in [6, 6.07) is 13.1. The van der Waals surface area contributed by atoms with Gasteiger partial charge < -0.3 is 10.1 Å². The molecule has 1 amide bonds. The maximum atomic E-state index is 13.1. The molecule has 0 aromatic heterocycles. The van der Waals surface area contributed by atoms with Gasteiger partial charge in [0.05, 0.1) is 17.7 Å². The Kier molecular flexibility index (Phi) is 6.71. The van der Waals surface area contributed by atoms with Crippen LogP contribution in [0.3, 0.4) is 0 Å². The number of methoxy groups -OCH3 is 1. The molecule has 2 aromatic rings. The first-order valence-corrected chi connectivity index (χ1v) is 11.7. The Balaban J connectivity index is 1.80. The summed E-state index contributed by atoms with van der Waals surface area (Å²) in [6.07, 6.45) is 3.23. The van der Waals surface area contributed by atoms with Crippen molar-refractivity contribution in [2.75, 3.05) is 18.5 Å². The smallest absolute Gasteiger partial charge is 0.264 e. The fourth-order valence-corrected chi connectivity index (χ4v) is 5.17. The molecule has 6 nitrogen and oxygen atoms in total. The Morgan fingerprint density at radius 1 is 1.10 bits per heavy atom. The molecule has 1 aliphatic rings. The largest absolute Gasteiger partial charge is 0.497 e. The van der Waals surface area contributed by atoms with Crippen LogP contribution in [0.1, 0.15) is 43.5 Å². The van der Waals surface area contributed by atoms with Crippen molar-refractivity contribution >= 4 is 21.6 Å². The van der Waals surface area contributed by atoms with Gasteiger partial charge in [0.15, 0.2) is 0 Å². The zero-order valence-electron chi connectivity index (χ0n) is 18.0. The van der Waals surface area contributed by atoms with Crippen molar-refractivity contribution in [1.29, 1.82) is 0 Å². The van der Waals surface area contributed by atoms with Crippen LogP contribution in [-0.2, 0) is 10.0 Å². The minimum Gasteiger partial charge on any atom is -0.497 e. The SMILES string of the molecule is COc1ccc(N(C)S(=O)(=O)c2cccc(C(=O)N[C@H]3CCC[C@H](C)[C@H]3C)c2)cc1. The molecule has 0 heterocycles. The highest BCUT2D eigenvalue weighted by molar-refractivity contribution is 7.92. The van der Waals surface area contributed by atoms with E-state index in [1.807, 2.05) is 0 Å². The number of anilines is 1. The first-order chi connectivity index (χ1) is 14.2. The molecule has 2 aromatic carbocycles. The Morgan fingerprint density at radius 3 is 2.47 bits per heavy atom. The number of ether oxygens (including phenoxy) is 1. The van der Waals surface area contributed by atoms with Gasteiger partial charge >= 0.3 is 0 Å². The van der Waals surface area contributed by atoms with Gasteiger partial charge in [-0.3, -0.25) is 9.10 Å². The molecule has 1 N–H and O–H groups in total. The summed E-state index contributed by atoms with van der Waals surface area (Å²) < 4.78 is 32.5. The Hall–Kier alpha value is -2.54. The number of amides is 1. The van der Waals surface area contributed by atoms with Gasteiger partial charge in [-0.05, 0) is 60.7 Å². The van der Waals surface area contributed by atoms with E-state index in [9.17, 15) is 13.2 Å². The fourth-order valence-electron chi connectivity index (χ4n) is 3.92. The quantitative estimate of drug-likeness (QED) is 0.749. The van der Waals surface area contributed by atoms with Gasteiger partial charge in [-0.2, -0.15) is 0 Å². The molecule has 30 heavy (non-hydrogen) atoms. The van der Waals surface area contributed by atoms with Crippen molar-refractivity contribution in [3.05, 3.63) is 54.1 Å². The lowest BCUT2D eigenvalue weighted by molar-refractivity contribution is 0.0891. The minimum atomic E-state index is -3.81. The number of hydrogen-bond acceptors (Lipinski definition) is 4. The predicted octanol–water partition coefficient (Wildman–Crippen LogP) is 4.07. The van der Waals surface area contributed by atoms with Gasteiger partial charge in [0.1, 0.15) is 5.75 Å². The van der Waals surface area contributed by atoms with E-state index in [1.54, 1.807) is 43.5 Å². The average molecular weight is 431 g/mol. The molecule has 0 aliphatic heterocycles. The summed E-state index contributed by atoms with van der Waals surface area (Å²) in [4.78, 5) is 12.9. The molecule has 1 saturated carbocycles. The second kappa shape index (κ2) is 9.08. The third-order valence-electron chi connectivity index (χ3n) is 6.21. The van der Waals surface area contributed by atoms with Crippen LogP contribution in [0.5, 0.6) is 5.75 Å². The maximum absolute atomic E-state index is 13.1. The molecule has 3 atom stereocenters. The summed E-state index contributed by atoms with van der Waals surface area (Å²) in [5, 5.41) is 3.11. The van der Waals surface area contributed by atoms with E-state index in [-0.39, 0.29) is 16.8 Å². The maximum Gasteiger partial charge on any atom is 0.264 e. The van der Waals surface area contributed by atoms with Crippen molar-refractivity contribution in [1.82, 2.24) is 5.32 Å². The van der Waals surface area contributed by atoms with Crippen molar-refractivity contribution < 1.29 is 17.9 Å². The van der Waals surface area contributed by atoms with Crippen LogP contribution in [0, 0.1) is 11.8 Å². The first kappa shape index (κ1) is 22.2. The number of nitrogens with one attached hydrogen (secondary N) is 1. The van der Waals surface area contributed by atoms with Crippen molar-refractivity contribution in [2.45, 2.75) is 44.0 Å². The molecule has 1 aliphatic carbocycles. The lowest BCUT2D eigenvalue weighted by atomic mass is 9.78.